The van der Waals surface area contributed by atoms with Gasteiger partial charge >= 0.3 is 0 Å². The predicted molar refractivity (Wildman–Crippen MR) is 249 cm³/mol. The Labute approximate surface area is 365 Å². The highest BCUT2D eigenvalue weighted by Gasteiger charge is 2.34. The van der Waals surface area contributed by atoms with Crippen LogP contribution in [0.4, 0.5) is 23.3 Å². The van der Waals surface area contributed by atoms with E-state index in [1.165, 1.54) is 30.2 Å². The third kappa shape index (κ3) is 9.57. The molecule has 0 spiro atoms. The quantitative estimate of drug-likeness (QED) is 0.0721. The van der Waals surface area contributed by atoms with E-state index < -0.39 is 5.41 Å². The van der Waals surface area contributed by atoms with Crippen molar-refractivity contribution in [1.29, 1.82) is 0 Å². The number of fused-ring (bicyclic) bond motifs is 4. The maximum Gasteiger partial charge on any atom is 0.182 e. The summed E-state index contributed by atoms with van der Waals surface area (Å²) in [4.78, 5) is 39.0. The van der Waals surface area contributed by atoms with Gasteiger partial charge in [-0.05, 0) is 104 Å². The Kier molecular flexibility index (Phi) is 13.4. The highest BCUT2D eigenvalue weighted by Crippen LogP contribution is 2.33. The van der Waals surface area contributed by atoms with Crippen molar-refractivity contribution in [2.24, 2.45) is 5.41 Å². The first-order chi connectivity index (χ1) is 30.9. The van der Waals surface area contributed by atoms with Crippen molar-refractivity contribution in [2.75, 3.05) is 74.0 Å². The number of aromatic amines is 2. The van der Waals surface area contributed by atoms with E-state index in [4.69, 9.17) is 24.8 Å². The summed E-state index contributed by atoms with van der Waals surface area (Å²) >= 11 is 0. The number of methoxy groups -OCH3 is 1. The summed E-state index contributed by atoms with van der Waals surface area (Å²) in [6, 6.07) is 20.5. The summed E-state index contributed by atoms with van der Waals surface area (Å²) in [5.74, 6) is 4.07. The molecule has 10 rings (SSSR count). The molecule has 2 saturated heterocycles. The fourth-order valence-corrected chi connectivity index (χ4v) is 8.37. The van der Waals surface area contributed by atoms with Crippen LogP contribution in [-0.2, 0) is 13.1 Å². The molecule has 8 heterocycles. The van der Waals surface area contributed by atoms with Crippen LogP contribution in [0, 0.1) is 12.3 Å². The minimum atomic E-state index is -0.394. The number of ether oxygens (including phenoxy) is 1. The summed E-state index contributed by atoms with van der Waals surface area (Å²) in [5.41, 5.74) is 8.08. The van der Waals surface area contributed by atoms with Gasteiger partial charge in [0, 0.05) is 75.1 Å². The summed E-state index contributed by atoms with van der Waals surface area (Å²) in [5, 5.41) is 35.4. The molecule has 16 nitrogen and oxygen atoms in total. The molecule has 0 aliphatic carbocycles. The Bertz CT molecular complexity index is 2770. The molecule has 0 saturated carbocycles. The van der Waals surface area contributed by atoms with Crippen molar-refractivity contribution in [3.63, 3.8) is 0 Å². The van der Waals surface area contributed by atoms with E-state index in [-0.39, 0.29) is 13.2 Å². The number of nitrogens with one attached hydrogen (secondary N) is 4. The number of piperidine rings is 2. The lowest BCUT2D eigenvalue weighted by Gasteiger charge is -2.40. The number of pyridine rings is 2. The molecular formula is C47H56N12O4. The molecule has 0 radical (unpaired) electrons. The highest BCUT2D eigenvalue weighted by molar-refractivity contribution is 5.91. The molecule has 0 amide bonds. The number of benzene rings is 2. The Balaban J connectivity index is 0.000000170. The van der Waals surface area contributed by atoms with Crippen LogP contribution in [0.5, 0.6) is 5.75 Å². The number of H-pyrrole nitrogens is 2. The fourth-order valence-electron chi connectivity index (χ4n) is 8.37. The van der Waals surface area contributed by atoms with Gasteiger partial charge in [0.2, 0.25) is 0 Å². The van der Waals surface area contributed by atoms with E-state index in [0.717, 1.165) is 108 Å². The lowest BCUT2D eigenvalue weighted by molar-refractivity contribution is 0.0340. The Morgan fingerprint density at radius 1 is 0.714 bits per heavy atom. The zero-order chi connectivity index (χ0) is 43.8. The van der Waals surface area contributed by atoms with Gasteiger partial charge < -0.3 is 50.5 Å². The van der Waals surface area contributed by atoms with Crippen molar-refractivity contribution in [3.8, 4) is 5.75 Å². The molecule has 0 atom stereocenters. The summed E-state index contributed by atoms with van der Waals surface area (Å²) in [7, 11) is 2.67. The normalized spacial score (nSPS) is 14.9. The molecule has 16 heteroatoms. The van der Waals surface area contributed by atoms with E-state index in [1.807, 2.05) is 36.7 Å². The second-order valence-corrected chi connectivity index (χ2v) is 16.1. The molecule has 2 fully saturated rings. The molecule has 0 bridgehead atoms. The third-order valence-electron chi connectivity index (χ3n) is 12.1. The smallest absolute Gasteiger partial charge is 0.182 e. The molecular weight excluding hydrogens is 797 g/mol. The number of rotatable bonds is 11. The summed E-state index contributed by atoms with van der Waals surface area (Å²) < 4.78 is 5.48. The third-order valence-corrected chi connectivity index (χ3v) is 12.1. The second kappa shape index (κ2) is 19.6. The second-order valence-electron chi connectivity index (χ2n) is 16.1. The van der Waals surface area contributed by atoms with Crippen molar-refractivity contribution in [1.82, 2.24) is 39.9 Å². The molecule has 328 valence electrons. The van der Waals surface area contributed by atoms with Crippen LogP contribution in [0.15, 0.2) is 85.5 Å². The fraction of sp³-hybridized carbons (Fsp3) is 0.362. The average molecular weight is 853 g/mol. The topological polar surface area (TPSA) is 209 Å². The van der Waals surface area contributed by atoms with E-state index >= 15 is 0 Å². The van der Waals surface area contributed by atoms with Gasteiger partial charge in [-0.3, -0.25) is 0 Å². The maximum absolute atomic E-state index is 9.66. The molecule has 6 aromatic heterocycles. The monoisotopic (exact) mass is 852 g/mol. The lowest BCUT2D eigenvalue weighted by atomic mass is 9.80. The standard InChI is InChI=1S/C25H30N6O3.C21H22N6.CH4O/c1-16-11-28-23-19(34-2)5-3-17(22(16)23)12-27-20-13-26-18-4-6-21(30-24(18)29-20)31-9-7-25(14-32,15-33)8-10-31;1-2-10-27(11-3-1)20-7-6-17-21(26-20)25-19(14-23-17)24-13-15-4-5-16-8-9-22-18(16)12-15;1-2/h3-6,11,13,28,32-33H,7-10,12,14-15H2,1-2H3,(H,27,29,30);4-9,12,14,22H,1-3,10-11,13H2,(H,24,25,26);2H,1H3. The minimum absolute atomic E-state index is 0.00573. The number of aryl methyl sites for hydroxylation is 1. The average Bonchev–Trinajstić information content (AvgIpc) is 4.00. The van der Waals surface area contributed by atoms with Gasteiger partial charge in [0.25, 0.3) is 0 Å². The molecule has 0 unspecified atom stereocenters. The Morgan fingerprint density at radius 3 is 1.98 bits per heavy atom. The van der Waals surface area contributed by atoms with Crippen molar-refractivity contribution < 1.29 is 20.1 Å². The number of aliphatic hydroxyl groups excluding tert-OH is 3. The van der Waals surface area contributed by atoms with E-state index in [9.17, 15) is 10.2 Å². The van der Waals surface area contributed by atoms with Crippen LogP contribution in [-0.4, -0.2) is 109 Å². The largest absolute Gasteiger partial charge is 0.495 e. The summed E-state index contributed by atoms with van der Waals surface area (Å²) in [6.45, 7) is 6.99. The van der Waals surface area contributed by atoms with Crippen LogP contribution in [0.3, 0.4) is 0 Å². The van der Waals surface area contributed by atoms with Crippen LogP contribution >= 0.6 is 0 Å². The van der Waals surface area contributed by atoms with Gasteiger partial charge in [-0.15, -0.1) is 0 Å². The van der Waals surface area contributed by atoms with Gasteiger partial charge in [0.15, 0.2) is 11.3 Å². The first kappa shape index (κ1) is 43.0. The first-order valence-corrected chi connectivity index (χ1v) is 21.5. The number of aromatic nitrogens is 8. The maximum atomic E-state index is 9.66. The molecule has 2 aliphatic heterocycles. The van der Waals surface area contributed by atoms with Crippen molar-refractivity contribution in [3.05, 3.63) is 102 Å². The van der Waals surface area contributed by atoms with Crippen LogP contribution in [0.25, 0.3) is 44.1 Å². The number of anilines is 4. The van der Waals surface area contributed by atoms with Crippen LogP contribution < -0.4 is 25.2 Å². The molecule has 7 N–H and O–H groups in total. The molecule has 63 heavy (non-hydrogen) atoms. The number of hydrogen-bond acceptors (Lipinski definition) is 14. The zero-order valence-corrected chi connectivity index (χ0v) is 36.1. The van der Waals surface area contributed by atoms with Gasteiger partial charge in [0.05, 0.1) is 38.2 Å². The predicted octanol–water partition coefficient (Wildman–Crippen LogP) is 6.72. The molecule has 8 aromatic rings. The van der Waals surface area contributed by atoms with E-state index in [0.29, 0.717) is 30.2 Å². The van der Waals surface area contributed by atoms with Crippen LogP contribution in [0.1, 0.15) is 48.8 Å². The van der Waals surface area contributed by atoms with Crippen molar-refractivity contribution in [2.45, 2.75) is 52.1 Å². The Morgan fingerprint density at radius 2 is 1.35 bits per heavy atom. The highest BCUT2D eigenvalue weighted by atomic mass is 16.5. The van der Waals surface area contributed by atoms with Gasteiger partial charge in [0.1, 0.15) is 40.1 Å². The SMILES string of the molecule is CO.COc1ccc(CNc2cnc3ccc(N4CCC(CO)(CO)CC4)nc3n2)c2c(C)c[nH]c12.c1cc2ccc(CNc3cnc4ccc(N5CCCCC5)nc4n3)cc2[nH]1. The van der Waals surface area contributed by atoms with E-state index in [2.05, 4.69) is 88.7 Å². The number of nitrogens with zero attached hydrogens (tertiary/aromatic N) is 8. The molecule has 2 aliphatic rings. The van der Waals surface area contributed by atoms with Gasteiger partial charge in [-0.1, -0.05) is 18.2 Å². The van der Waals surface area contributed by atoms with Crippen LogP contribution in [0.2, 0.25) is 0 Å². The number of aliphatic hydroxyl groups is 3. The number of hydrogen-bond donors (Lipinski definition) is 7. The molecule has 2 aromatic carbocycles. The minimum Gasteiger partial charge on any atom is -0.495 e. The Hall–Kier alpha value is -6.62. The van der Waals surface area contributed by atoms with Crippen molar-refractivity contribution >= 4 is 67.4 Å². The first-order valence-electron chi connectivity index (χ1n) is 21.5. The zero-order valence-electron chi connectivity index (χ0n) is 36.1. The van der Waals surface area contributed by atoms with E-state index in [1.54, 1.807) is 19.5 Å². The van der Waals surface area contributed by atoms with Gasteiger partial charge in [-0.2, -0.15) is 0 Å². The lowest BCUT2D eigenvalue weighted by Crippen LogP contribution is -2.44. The van der Waals surface area contributed by atoms with Gasteiger partial charge in [-0.25, -0.2) is 29.9 Å². The summed E-state index contributed by atoms with van der Waals surface area (Å²) in [6.07, 6.45) is 12.7.